The van der Waals surface area contributed by atoms with Crippen molar-refractivity contribution in [2.45, 2.75) is 58.9 Å². The number of rotatable bonds is 5. The van der Waals surface area contributed by atoms with E-state index in [1.54, 1.807) is 13.0 Å². The molecular formula is C16H25N3O3. The van der Waals surface area contributed by atoms with Crippen LogP contribution in [0.4, 0.5) is 5.82 Å². The third kappa shape index (κ3) is 3.87. The number of nitrogens with zero attached hydrogens (tertiary/aromatic N) is 3. The maximum Gasteiger partial charge on any atom is 0.225 e. The van der Waals surface area contributed by atoms with Gasteiger partial charge in [0.15, 0.2) is 5.82 Å². The fourth-order valence-electron chi connectivity index (χ4n) is 3.02. The molecule has 0 bridgehead atoms. The van der Waals surface area contributed by atoms with Crippen molar-refractivity contribution in [3.8, 4) is 0 Å². The number of aryl methyl sites for hydroxylation is 1. The minimum Gasteiger partial charge on any atom is -0.360 e. The fraction of sp³-hybridized carbons (Fsp3) is 0.688. The Morgan fingerprint density at radius 1 is 1.45 bits per heavy atom. The van der Waals surface area contributed by atoms with Crippen molar-refractivity contribution in [1.29, 1.82) is 0 Å². The summed E-state index contributed by atoms with van der Waals surface area (Å²) in [5.74, 6) is 1.11. The topological polar surface area (TPSA) is 66.7 Å². The monoisotopic (exact) mass is 307 g/mol. The minimum absolute atomic E-state index is 0.123. The van der Waals surface area contributed by atoms with E-state index in [0.29, 0.717) is 30.6 Å². The van der Waals surface area contributed by atoms with Crippen LogP contribution in [0.5, 0.6) is 0 Å². The predicted molar refractivity (Wildman–Crippen MR) is 83.5 cm³/mol. The third-order valence-corrected chi connectivity index (χ3v) is 4.24. The Morgan fingerprint density at radius 2 is 2.23 bits per heavy atom. The van der Waals surface area contributed by atoms with Crippen molar-refractivity contribution >= 4 is 17.6 Å². The lowest BCUT2D eigenvalue weighted by Crippen LogP contribution is -2.44. The van der Waals surface area contributed by atoms with Gasteiger partial charge in [0.1, 0.15) is 5.76 Å². The second-order valence-electron chi connectivity index (χ2n) is 5.86. The Balaban J connectivity index is 1.97. The minimum atomic E-state index is -0.133. The number of amides is 2. The van der Waals surface area contributed by atoms with Crippen LogP contribution in [0.2, 0.25) is 0 Å². The van der Waals surface area contributed by atoms with Crippen LogP contribution in [0.3, 0.4) is 0 Å². The van der Waals surface area contributed by atoms with E-state index in [2.05, 4.69) is 12.1 Å². The number of hydrogen-bond donors (Lipinski definition) is 0. The van der Waals surface area contributed by atoms with Crippen molar-refractivity contribution in [3.63, 3.8) is 0 Å². The van der Waals surface area contributed by atoms with Crippen molar-refractivity contribution < 1.29 is 14.1 Å². The average molecular weight is 307 g/mol. The highest BCUT2D eigenvalue weighted by Crippen LogP contribution is 2.21. The molecule has 2 heterocycles. The largest absolute Gasteiger partial charge is 0.360 e. The Kier molecular flexibility index (Phi) is 5.57. The molecular weight excluding hydrogens is 282 g/mol. The number of aromatic nitrogens is 1. The SMILES string of the molecule is CCC1CCCCN1C(=O)CCN(C(C)=O)c1cc(C)on1. The average Bonchev–Trinajstić information content (AvgIpc) is 2.93. The zero-order valence-electron chi connectivity index (χ0n) is 13.7. The summed E-state index contributed by atoms with van der Waals surface area (Å²) in [7, 11) is 0. The van der Waals surface area contributed by atoms with Gasteiger partial charge in [-0.25, -0.2) is 0 Å². The van der Waals surface area contributed by atoms with Crippen molar-refractivity contribution in [2.75, 3.05) is 18.0 Å². The van der Waals surface area contributed by atoms with Crippen molar-refractivity contribution in [1.82, 2.24) is 10.1 Å². The molecule has 0 N–H and O–H groups in total. The van der Waals surface area contributed by atoms with Gasteiger partial charge in [0.2, 0.25) is 11.8 Å². The lowest BCUT2D eigenvalue weighted by atomic mass is 9.99. The van der Waals surface area contributed by atoms with Gasteiger partial charge in [0, 0.05) is 38.5 Å². The molecule has 1 aliphatic heterocycles. The number of piperidine rings is 1. The molecule has 1 aliphatic rings. The number of hydrogen-bond acceptors (Lipinski definition) is 4. The third-order valence-electron chi connectivity index (χ3n) is 4.24. The molecule has 1 fully saturated rings. The highest BCUT2D eigenvalue weighted by molar-refractivity contribution is 5.91. The molecule has 1 aromatic rings. The van der Waals surface area contributed by atoms with E-state index < -0.39 is 0 Å². The number of anilines is 1. The highest BCUT2D eigenvalue weighted by Gasteiger charge is 2.26. The van der Waals surface area contributed by atoms with Gasteiger partial charge in [0.25, 0.3) is 0 Å². The molecule has 1 saturated heterocycles. The second kappa shape index (κ2) is 7.42. The summed E-state index contributed by atoms with van der Waals surface area (Å²) in [5.41, 5.74) is 0. The van der Waals surface area contributed by atoms with Gasteiger partial charge in [-0.05, 0) is 32.6 Å². The molecule has 122 valence electrons. The lowest BCUT2D eigenvalue weighted by Gasteiger charge is -2.35. The second-order valence-corrected chi connectivity index (χ2v) is 5.86. The zero-order chi connectivity index (χ0) is 16.1. The molecule has 0 aromatic carbocycles. The van der Waals surface area contributed by atoms with Crippen LogP contribution in [0, 0.1) is 6.92 Å². The molecule has 0 radical (unpaired) electrons. The molecule has 22 heavy (non-hydrogen) atoms. The molecule has 2 rings (SSSR count). The Bertz CT molecular complexity index is 526. The van der Waals surface area contributed by atoms with E-state index in [0.717, 1.165) is 25.8 Å². The number of carbonyl (C=O) groups excluding carboxylic acids is 2. The number of carbonyl (C=O) groups is 2. The van der Waals surface area contributed by atoms with Crippen LogP contribution in [-0.4, -0.2) is 41.0 Å². The zero-order valence-corrected chi connectivity index (χ0v) is 13.7. The first-order valence-electron chi connectivity index (χ1n) is 8.03. The molecule has 2 amide bonds. The van der Waals surface area contributed by atoms with E-state index in [1.807, 2.05) is 4.90 Å². The smallest absolute Gasteiger partial charge is 0.225 e. The predicted octanol–water partition coefficient (Wildman–Crippen LogP) is 2.52. The maximum atomic E-state index is 12.5. The van der Waals surface area contributed by atoms with Gasteiger partial charge in [-0.1, -0.05) is 12.1 Å². The van der Waals surface area contributed by atoms with Gasteiger partial charge in [-0.3, -0.25) is 14.5 Å². The quantitative estimate of drug-likeness (QED) is 0.838. The summed E-state index contributed by atoms with van der Waals surface area (Å²) in [6.07, 6.45) is 4.66. The summed E-state index contributed by atoms with van der Waals surface area (Å²) in [5, 5.41) is 3.86. The van der Waals surface area contributed by atoms with Gasteiger partial charge in [0.05, 0.1) is 0 Å². The first kappa shape index (κ1) is 16.5. The van der Waals surface area contributed by atoms with Crippen LogP contribution < -0.4 is 4.90 Å². The summed E-state index contributed by atoms with van der Waals surface area (Å²) < 4.78 is 5.01. The van der Waals surface area contributed by atoms with Gasteiger partial charge < -0.3 is 9.42 Å². The van der Waals surface area contributed by atoms with Crippen molar-refractivity contribution in [3.05, 3.63) is 11.8 Å². The fourth-order valence-corrected chi connectivity index (χ4v) is 3.02. The van der Waals surface area contributed by atoms with Crippen LogP contribution in [0.25, 0.3) is 0 Å². The maximum absolute atomic E-state index is 12.5. The Morgan fingerprint density at radius 3 is 2.82 bits per heavy atom. The molecule has 6 heteroatoms. The highest BCUT2D eigenvalue weighted by atomic mass is 16.5. The molecule has 0 aliphatic carbocycles. The summed E-state index contributed by atoms with van der Waals surface area (Å²) in [4.78, 5) is 27.7. The van der Waals surface area contributed by atoms with Crippen molar-refractivity contribution in [2.24, 2.45) is 0 Å². The first-order chi connectivity index (χ1) is 10.5. The molecule has 0 spiro atoms. The van der Waals surface area contributed by atoms with E-state index in [1.165, 1.54) is 18.2 Å². The Hall–Kier alpha value is -1.85. The molecule has 1 aromatic heterocycles. The molecule has 6 nitrogen and oxygen atoms in total. The molecule has 1 atom stereocenters. The van der Waals surface area contributed by atoms with Crippen LogP contribution in [0.1, 0.15) is 51.7 Å². The van der Waals surface area contributed by atoms with E-state index in [4.69, 9.17) is 4.52 Å². The molecule has 1 unspecified atom stereocenters. The number of likely N-dealkylation sites (tertiary alicyclic amines) is 1. The first-order valence-corrected chi connectivity index (χ1v) is 8.03. The standard InChI is InChI=1S/C16H25N3O3/c1-4-14-7-5-6-9-19(14)16(21)8-10-18(13(3)20)15-11-12(2)22-17-15/h11,14H,4-10H2,1-3H3. The van der Waals surface area contributed by atoms with Crippen LogP contribution in [0.15, 0.2) is 10.6 Å². The molecule has 0 saturated carbocycles. The summed E-state index contributed by atoms with van der Waals surface area (Å²) in [6.45, 7) is 6.55. The lowest BCUT2D eigenvalue weighted by molar-refractivity contribution is -0.134. The van der Waals surface area contributed by atoms with Crippen LogP contribution >= 0.6 is 0 Å². The normalized spacial score (nSPS) is 18.3. The Labute approximate surface area is 131 Å². The van der Waals surface area contributed by atoms with Gasteiger partial charge in [-0.2, -0.15) is 0 Å². The van der Waals surface area contributed by atoms with E-state index in [-0.39, 0.29) is 11.8 Å². The van der Waals surface area contributed by atoms with E-state index in [9.17, 15) is 9.59 Å². The van der Waals surface area contributed by atoms with Gasteiger partial charge in [-0.15, -0.1) is 0 Å². The van der Waals surface area contributed by atoms with Gasteiger partial charge >= 0.3 is 0 Å². The van der Waals surface area contributed by atoms with E-state index >= 15 is 0 Å². The summed E-state index contributed by atoms with van der Waals surface area (Å²) in [6, 6.07) is 2.06. The van der Waals surface area contributed by atoms with Crippen LogP contribution in [-0.2, 0) is 9.59 Å². The summed E-state index contributed by atoms with van der Waals surface area (Å²) >= 11 is 0.